The van der Waals surface area contributed by atoms with Gasteiger partial charge in [0.1, 0.15) is 5.01 Å². The Kier molecular flexibility index (Phi) is 6.05. The van der Waals surface area contributed by atoms with Crippen LogP contribution in [0.25, 0.3) is 0 Å². The third kappa shape index (κ3) is 5.04. The van der Waals surface area contributed by atoms with E-state index in [9.17, 15) is 4.79 Å². The molecule has 3 rings (SSSR count). The SMILES string of the molecule is O=C(CCSc1ccccc1)Nc1nnc(C2CCCCC2)s1. The summed E-state index contributed by atoms with van der Waals surface area (Å²) in [6.45, 7) is 0. The van der Waals surface area contributed by atoms with Crippen LogP contribution in [0.3, 0.4) is 0 Å². The predicted molar refractivity (Wildman–Crippen MR) is 96.1 cm³/mol. The molecule has 1 aromatic carbocycles. The zero-order chi connectivity index (χ0) is 15.9. The molecule has 0 unspecified atom stereocenters. The molecule has 1 aliphatic rings. The van der Waals surface area contributed by atoms with Crippen molar-refractivity contribution < 1.29 is 4.79 Å². The lowest BCUT2D eigenvalue weighted by molar-refractivity contribution is -0.115. The van der Waals surface area contributed by atoms with Crippen LogP contribution in [0.5, 0.6) is 0 Å². The highest BCUT2D eigenvalue weighted by Gasteiger charge is 2.20. The van der Waals surface area contributed by atoms with Crippen molar-refractivity contribution in [1.29, 1.82) is 0 Å². The monoisotopic (exact) mass is 347 g/mol. The average molecular weight is 348 g/mol. The van der Waals surface area contributed by atoms with Gasteiger partial charge in [-0.3, -0.25) is 4.79 Å². The fourth-order valence-electron chi connectivity index (χ4n) is 2.76. The zero-order valence-electron chi connectivity index (χ0n) is 13.0. The third-order valence-corrected chi connectivity index (χ3v) is 6.00. The van der Waals surface area contributed by atoms with Crippen LogP contribution < -0.4 is 5.32 Å². The summed E-state index contributed by atoms with van der Waals surface area (Å²) in [5.74, 6) is 1.32. The molecule has 1 aliphatic carbocycles. The van der Waals surface area contributed by atoms with Gasteiger partial charge in [0.2, 0.25) is 11.0 Å². The van der Waals surface area contributed by atoms with E-state index < -0.39 is 0 Å². The van der Waals surface area contributed by atoms with Crippen LogP contribution in [0.4, 0.5) is 5.13 Å². The van der Waals surface area contributed by atoms with Gasteiger partial charge in [-0.1, -0.05) is 48.8 Å². The molecule has 0 bridgehead atoms. The first-order chi connectivity index (χ1) is 11.3. The van der Waals surface area contributed by atoms with Gasteiger partial charge in [-0.25, -0.2) is 0 Å². The Labute approximate surface area is 145 Å². The van der Waals surface area contributed by atoms with Crippen molar-refractivity contribution in [3.63, 3.8) is 0 Å². The molecule has 1 saturated carbocycles. The molecule has 0 radical (unpaired) electrons. The van der Waals surface area contributed by atoms with Gasteiger partial charge < -0.3 is 5.32 Å². The number of benzene rings is 1. The topological polar surface area (TPSA) is 54.9 Å². The molecule has 6 heteroatoms. The number of carbonyl (C=O) groups excluding carboxylic acids is 1. The van der Waals surface area contributed by atoms with Crippen LogP contribution in [0, 0.1) is 0 Å². The van der Waals surface area contributed by atoms with Gasteiger partial charge in [-0.05, 0) is 25.0 Å². The van der Waals surface area contributed by atoms with Crippen molar-refractivity contribution in [2.24, 2.45) is 0 Å². The van der Waals surface area contributed by atoms with E-state index in [4.69, 9.17) is 0 Å². The number of nitrogens with zero attached hydrogens (tertiary/aromatic N) is 2. The molecule has 4 nitrogen and oxygen atoms in total. The van der Waals surface area contributed by atoms with Crippen LogP contribution in [0.2, 0.25) is 0 Å². The van der Waals surface area contributed by atoms with E-state index in [1.54, 1.807) is 11.8 Å². The van der Waals surface area contributed by atoms with E-state index in [1.165, 1.54) is 48.3 Å². The smallest absolute Gasteiger partial charge is 0.227 e. The summed E-state index contributed by atoms with van der Waals surface area (Å²) < 4.78 is 0. The molecule has 0 saturated heterocycles. The number of hydrogen-bond acceptors (Lipinski definition) is 5. The highest BCUT2D eigenvalue weighted by molar-refractivity contribution is 7.99. The molecule has 23 heavy (non-hydrogen) atoms. The van der Waals surface area contributed by atoms with Gasteiger partial charge in [-0.15, -0.1) is 22.0 Å². The summed E-state index contributed by atoms with van der Waals surface area (Å²) in [4.78, 5) is 13.2. The first-order valence-corrected chi connectivity index (χ1v) is 9.92. The molecule has 2 aromatic rings. The third-order valence-electron chi connectivity index (χ3n) is 3.98. The Morgan fingerprint density at radius 3 is 2.74 bits per heavy atom. The molecule has 122 valence electrons. The number of rotatable bonds is 6. The summed E-state index contributed by atoms with van der Waals surface area (Å²) in [5, 5.41) is 13.0. The molecule has 1 N–H and O–H groups in total. The number of carbonyl (C=O) groups is 1. The van der Waals surface area contributed by atoms with Crippen LogP contribution in [0.15, 0.2) is 35.2 Å². The second kappa shape index (κ2) is 8.45. The van der Waals surface area contributed by atoms with Crippen molar-refractivity contribution in [3.05, 3.63) is 35.3 Å². The maximum Gasteiger partial charge on any atom is 0.227 e. The van der Waals surface area contributed by atoms with Gasteiger partial charge in [0.15, 0.2) is 0 Å². The van der Waals surface area contributed by atoms with Gasteiger partial charge in [0, 0.05) is 23.0 Å². The fourth-order valence-corrected chi connectivity index (χ4v) is 4.56. The quantitative estimate of drug-likeness (QED) is 0.769. The Morgan fingerprint density at radius 2 is 1.96 bits per heavy atom. The molecule has 1 fully saturated rings. The number of anilines is 1. The Bertz CT molecular complexity index is 624. The van der Waals surface area contributed by atoms with Crippen molar-refractivity contribution in [2.45, 2.75) is 49.3 Å². The number of aromatic nitrogens is 2. The summed E-state index contributed by atoms with van der Waals surface area (Å²) >= 11 is 3.23. The lowest BCUT2D eigenvalue weighted by Gasteiger charge is -2.18. The average Bonchev–Trinajstić information content (AvgIpc) is 3.05. The zero-order valence-corrected chi connectivity index (χ0v) is 14.7. The lowest BCUT2D eigenvalue weighted by atomic mass is 9.90. The Hall–Kier alpha value is -1.40. The molecule has 1 heterocycles. The number of nitrogens with one attached hydrogen (secondary N) is 1. The van der Waals surface area contributed by atoms with Crippen molar-refractivity contribution >= 4 is 34.1 Å². The molecule has 0 aliphatic heterocycles. The number of hydrogen-bond donors (Lipinski definition) is 1. The number of thioether (sulfide) groups is 1. The van der Waals surface area contributed by atoms with Crippen LogP contribution in [0.1, 0.15) is 49.5 Å². The Balaban J connectivity index is 1.43. The minimum Gasteiger partial charge on any atom is -0.301 e. The summed E-state index contributed by atoms with van der Waals surface area (Å²) in [7, 11) is 0. The molecule has 0 atom stereocenters. The Morgan fingerprint density at radius 1 is 1.17 bits per heavy atom. The standard InChI is InChI=1S/C17H21N3OS2/c21-15(11-12-22-14-9-5-2-6-10-14)18-17-20-19-16(23-17)13-7-3-1-4-8-13/h2,5-6,9-10,13H,1,3-4,7-8,11-12H2,(H,18,20,21). The molecular weight excluding hydrogens is 326 g/mol. The molecule has 0 spiro atoms. The summed E-state index contributed by atoms with van der Waals surface area (Å²) in [6.07, 6.45) is 6.79. The largest absolute Gasteiger partial charge is 0.301 e. The van der Waals surface area contributed by atoms with Crippen molar-refractivity contribution in [3.8, 4) is 0 Å². The van der Waals surface area contributed by atoms with Gasteiger partial charge in [-0.2, -0.15) is 0 Å². The van der Waals surface area contributed by atoms with Crippen molar-refractivity contribution in [1.82, 2.24) is 10.2 Å². The first kappa shape index (κ1) is 16.5. The molecular formula is C17H21N3OS2. The normalized spacial score (nSPS) is 15.5. The van der Waals surface area contributed by atoms with Gasteiger partial charge in [0.05, 0.1) is 0 Å². The maximum absolute atomic E-state index is 12.0. The number of amides is 1. The van der Waals surface area contributed by atoms with E-state index in [1.807, 2.05) is 18.2 Å². The predicted octanol–water partition coefficient (Wildman–Crippen LogP) is 4.71. The van der Waals surface area contributed by atoms with Crippen molar-refractivity contribution in [2.75, 3.05) is 11.1 Å². The highest BCUT2D eigenvalue weighted by atomic mass is 32.2. The summed E-state index contributed by atoms with van der Waals surface area (Å²) in [6, 6.07) is 10.1. The van der Waals surface area contributed by atoms with Crippen LogP contribution in [-0.2, 0) is 4.79 Å². The van der Waals surface area contributed by atoms with Crippen LogP contribution in [-0.4, -0.2) is 21.9 Å². The van der Waals surface area contributed by atoms with E-state index in [-0.39, 0.29) is 5.91 Å². The van der Waals surface area contributed by atoms with E-state index in [0.29, 0.717) is 17.5 Å². The van der Waals surface area contributed by atoms with E-state index in [0.717, 1.165) is 10.8 Å². The van der Waals surface area contributed by atoms with Gasteiger partial charge >= 0.3 is 0 Å². The van der Waals surface area contributed by atoms with Crippen LogP contribution >= 0.6 is 23.1 Å². The maximum atomic E-state index is 12.0. The molecule has 1 aromatic heterocycles. The second-order valence-corrected chi connectivity index (χ2v) is 7.92. The first-order valence-electron chi connectivity index (χ1n) is 8.12. The van der Waals surface area contributed by atoms with E-state index >= 15 is 0 Å². The van der Waals surface area contributed by atoms with E-state index in [2.05, 4.69) is 27.6 Å². The lowest BCUT2D eigenvalue weighted by Crippen LogP contribution is -2.11. The summed E-state index contributed by atoms with van der Waals surface area (Å²) in [5.41, 5.74) is 0. The minimum atomic E-state index is 0.0137. The fraction of sp³-hybridized carbons (Fsp3) is 0.471. The van der Waals surface area contributed by atoms with Gasteiger partial charge in [0.25, 0.3) is 0 Å². The highest BCUT2D eigenvalue weighted by Crippen LogP contribution is 2.35. The minimum absolute atomic E-state index is 0.0137. The second-order valence-electron chi connectivity index (χ2n) is 5.74. The molecule has 1 amide bonds.